The number of hydrogen-bond acceptors (Lipinski definition) is 5. The number of hydrogen-bond donors (Lipinski definition) is 0. The number of benzene rings is 2. The minimum Gasteiger partial charge on any atom is -0.490 e. The zero-order valence-electron chi connectivity index (χ0n) is 16.9. The van der Waals surface area contributed by atoms with Crippen LogP contribution in [0.2, 0.25) is 0 Å². The summed E-state index contributed by atoms with van der Waals surface area (Å²) in [6.07, 6.45) is 1.73. The fourth-order valence-electron chi connectivity index (χ4n) is 2.81. The summed E-state index contributed by atoms with van der Waals surface area (Å²) in [5.41, 5.74) is 1.71. The molecule has 1 heterocycles. The lowest BCUT2D eigenvalue weighted by molar-refractivity contribution is -0.123. The van der Waals surface area contributed by atoms with Crippen molar-refractivity contribution < 1.29 is 19.1 Å². The van der Waals surface area contributed by atoms with Crippen molar-refractivity contribution in [1.29, 1.82) is 0 Å². The monoisotopic (exact) mass is 411 g/mol. The summed E-state index contributed by atoms with van der Waals surface area (Å²) < 4.78 is 11.5. The summed E-state index contributed by atoms with van der Waals surface area (Å²) >= 11 is 0.960. The fraction of sp³-hybridized carbons (Fsp3) is 0.304. The van der Waals surface area contributed by atoms with Gasteiger partial charge in [0.2, 0.25) is 0 Å². The Kier molecular flexibility index (Phi) is 6.99. The minimum atomic E-state index is -0.276. The molecular weight excluding hydrogens is 386 g/mol. The van der Waals surface area contributed by atoms with E-state index in [1.54, 1.807) is 6.08 Å². The summed E-state index contributed by atoms with van der Waals surface area (Å²) in [5.74, 6) is 1.43. The summed E-state index contributed by atoms with van der Waals surface area (Å²) in [5, 5.41) is -0.257. The molecule has 0 atom stereocenters. The summed E-state index contributed by atoms with van der Waals surface area (Å²) in [7, 11) is 0. The van der Waals surface area contributed by atoms with Crippen LogP contribution in [0.1, 0.15) is 31.9 Å². The summed E-state index contributed by atoms with van der Waals surface area (Å²) in [6, 6.07) is 15.0. The fourth-order valence-corrected chi connectivity index (χ4v) is 3.65. The number of rotatable bonds is 8. The van der Waals surface area contributed by atoms with Gasteiger partial charge in [-0.3, -0.25) is 14.5 Å². The molecule has 1 aliphatic rings. The van der Waals surface area contributed by atoms with E-state index in [1.165, 1.54) is 4.90 Å². The molecule has 0 aromatic heterocycles. The highest BCUT2D eigenvalue weighted by Gasteiger charge is 2.34. The van der Waals surface area contributed by atoms with Crippen LogP contribution in [0.3, 0.4) is 0 Å². The Morgan fingerprint density at radius 3 is 2.48 bits per heavy atom. The second kappa shape index (κ2) is 9.65. The maximum absolute atomic E-state index is 12.7. The summed E-state index contributed by atoms with van der Waals surface area (Å²) in [4.78, 5) is 26.8. The molecule has 0 N–H and O–H groups in total. The molecule has 5 nitrogen and oxygen atoms in total. The zero-order valence-corrected chi connectivity index (χ0v) is 17.7. The Morgan fingerprint density at radius 1 is 1.03 bits per heavy atom. The molecule has 2 amide bonds. The average Bonchev–Trinajstić information content (AvgIpc) is 2.96. The molecule has 152 valence electrons. The second-order valence-corrected chi connectivity index (χ2v) is 8.09. The number of amides is 2. The van der Waals surface area contributed by atoms with Crippen molar-refractivity contribution in [3.63, 3.8) is 0 Å². The Labute approximate surface area is 175 Å². The standard InChI is InChI=1S/C23H25NO4S/c1-4-27-20-12-18(10-11-19(20)28-15-16(2)3)13-21-22(25)24(23(26)29-21)14-17-8-6-5-7-9-17/h5-13,16H,4,14-15H2,1-3H3/b21-13-. The third-order valence-electron chi connectivity index (χ3n) is 4.19. The molecule has 29 heavy (non-hydrogen) atoms. The molecule has 0 bridgehead atoms. The predicted molar refractivity (Wildman–Crippen MR) is 116 cm³/mol. The highest BCUT2D eigenvalue weighted by molar-refractivity contribution is 8.18. The van der Waals surface area contributed by atoms with E-state index in [0.29, 0.717) is 35.5 Å². The third-order valence-corrected chi connectivity index (χ3v) is 5.10. The third kappa shape index (κ3) is 5.41. The van der Waals surface area contributed by atoms with Crippen LogP contribution in [0.5, 0.6) is 11.5 Å². The second-order valence-electron chi connectivity index (χ2n) is 7.10. The largest absolute Gasteiger partial charge is 0.490 e. The Hall–Kier alpha value is -2.73. The number of carbonyl (C=O) groups is 2. The molecule has 0 radical (unpaired) electrons. The van der Waals surface area contributed by atoms with Gasteiger partial charge in [0.05, 0.1) is 24.7 Å². The van der Waals surface area contributed by atoms with E-state index in [9.17, 15) is 9.59 Å². The van der Waals surface area contributed by atoms with E-state index in [4.69, 9.17) is 9.47 Å². The zero-order chi connectivity index (χ0) is 20.8. The van der Waals surface area contributed by atoms with Crippen molar-refractivity contribution in [3.8, 4) is 11.5 Å². The van der Waals surface area contributed by atoms with Gasteiger partial charge in [0.15, 0.2) is 11.5 Å². The van der Waals surface area contributed by atoms with Gasteiger partial charge in [0.1, 0.15) is 0 Å². The van der Waals surface area contributed by atoms with E-state index >= 15 is 0 Å². The number of thioether (sulfide) groups is 1. The van der Waals surface area contributed by atoms with Gasteiger partial charge < -0.3 is 9.47 Å². The van der Waals surface area contributed by atoms with Crippen LogP contribution in [0.25, 0.3) is 6.08 Å². The van der Waals surface area contributed by atoms with Crippen molar-refractivity contribution >= 4 is 29.0 Å². The van der Waals surface area contributed by atoms with Crippen molar-refractivity contribution in [3.05, 3.63) is 64.6 Å². The van der Waals surface area contributed by atoms with Gasteiger partial charge in [-0.2, -0.15) is 0 Å². The van der Waals surface area contributed by atoms with Gasteiger partial charge in [-0.25, -0.2) is 0 Å². The number of ether oxygens (including phenoxy) is 2. The quantitative estimate of drug-likeness (QED) is 0.548. The first kappa shape index (κ1) is 21.0. The highest BCUT2D eigenvalue weighted by atomic mass is 32.2. The Balaban J connectivity index is 1.79. The SMILES string of the molecule is CCOc1cc(/C=C2\SC(=O)N(Cc3ccccc3)C2=O)ccc1OCC(C)C. The van der Waals surface area contributed by atoms with Gasteiger partial charge in [-0.05, 0) is 53.9 Å². The van der Waals surface area contributed by atoms with E-state index < -0.39 is 0 Å². The lowest BCUT2D eigenvalue weighted by atomic mass is 10.1. The topological polar surface area (TPSA) is 55.8 Å². The minimum absolute atomic E-state index is 0.257. The maximum Gasteiger partial charge on any atom is 0.293 e. The van der Waals surface area contributed by atoms with Crippen molar-refractivity contribution in [2.45, 2.75) is 27.3 Å². The lowest BCUT2D eigenvalue weighted by Crippen LogP contribution is -2.27. The van der Waals surface area contributed by atoms with Crippen molar-refractivity contribution in [2.75, 3.05) is 13.2 Å². The molecule has 1 fully saturated rings. The first-order chi connectivity index (χ1) is 14.0. The van der Waals surface area contributed by atoms with E-state index in [-0.39, 0.29) is 17.7 Å². The van der Waals surface area contributed by atoms with E-state index in [2.05, 4.69) is 13.8 Å². The van der Waals surface area contributed by atoms with Crippen LogP contribution >= 0.6 is 11.8 Å². The van der Waals surface area contributed by atoms with Crippen LogP contribution < -0.4 is 9.47 Å². The van der Waals surface area contributed by atoms with E-state index in [0.717, 1.165) is 22.9 Å². The molecule has 1 aliphatic heterocycles. The normalized spacial score (nSPS) is 15.4. The first-order valence-corrected chi connectivity index (χ1v) is 10.5. The van der Waals surface area contributed by atoms with Crippen LogP contribution in [-0.2, 0) is 11.3 Å². The van der Waals surface area contributed by atoms with Crippen LogP contribution in [-0.4, -0.2) is 29.3 Å². The molecule has 0 unspecified atom stereocenters. The van der Waals surface area contributed by atoms with Crippen LogP contribution in [0.4, 0.5) is 4.79 Å². The lowest BCUT2D eigenvalue weighted by Gasteiger charge is -2.14. The van der Waals surface area contributed by atoms with Gasteiger partial charge in [0, 0.05) is 0 Å². The van der Waals surface area contributed by atoms with Crippen LogP contribution in [0, 0.1) is 5.92 Å². The molecule has 2 aromatic carbocycles. The highest BCUT2D eigenvalue weighted by Crippen LogP contribution is 2.35. The van der Waals surface area contributed by atoms with Gasteiger partial charge in [0.25, 0.3) is 11.1 Å². The number of carbonyl (C=O) groups excluding carboxylic acids is 2. The molecule has 0 spiro atoms. The molecule has 0 aliphatic carbocycles. The summed E-state index contributed by atoms with van der Waals surface area (Å²) in [6.45, 7) is 7.45. The number of imide groups is 1. The average molecular weight is 412 g/mol. The molecule has 6 heteroatoms. The van der Waals surface area contributed by atoms with Crippen molar-refractivity contribution in [2.24, 2.45) is 5.92 Å². The smallest absolute Gasteiger partial charge is 0.293 e. The first-order valence-electron chi connectivity index (χ1n) is 9.67. The molecule has 1 saturated heterocycles. The van der Waals surface area contributed by atoms with Crippen molar-refractivity contribution in [1.82, 2.24) is 4.90 Å². The van der Waals surface area contributed by atoms with Gasteiger partial charge >= 0.3 is 0 Å². The Morgan fingerprint density at radius 2 is 1.79 bits per heavy atom. The number of nitrogens with zero attached hydrogens (tertiary/aromatic N) is 1. The van der Waals surface area contributed by atoms with Crippen LogP contribution in [0.15, 0.2) is 53.4 Å². The molecular formula is C23H25NO4S. The molecule has 0 saturated carbocycles. The maximum atomic E-state index is 12.7. The van der Waals surface area contributed by atoms with Gasteiger partial charge in [-0.1, -0.05) is 50.2 Å². The molecule has 3 rings (SSSR count). The Bertz CT molecular complexity index is 908. The van der Waals surface area contributed by atoms with E-state index in [1.807, 2.05) is 55.5 Å². The molecule has 2 aromatic rings. The predicted octanol–water partition coefficient (Wildman–Crippen LogP) is 5.36. The van der Waals surface area contributed by atoms with Gasteiger partial charge in [-0.15, -0.1) is 0 Å².